The summed E-state index contributed by atoms with van der Waals surface area (Å²) in [5.74, 6) is 1.71. The largest absolute Gasteiger partial charge is 0.508 e. The molecule has 6 heteroatoms. The van der Waals surface area contributed by atoms with E-state index in [2.05, 4.69) is 20.9 Å². The minimum Gasteiger partial charge on any atom is -0.508 e. The second-order valence-electron chi connectivity index (χ2n) is 5.36. The highest BCUT2D eigenvalue weighted by Gasteiger charge is 2.10. The Morgan fingerprint density at radius 3 is 2.78 bits per heavy atom. The van der Waals surface area contributed by atoms with Crippen LogP contribution in [0.4, 0.5) is 0 Å². The van der Waals surface area contributed by atoms with E-state index < -0.39 is 0 Å². The Bertz CT molecular complexity index is 679. The van der Waals surface area contributed by atoms with Crippen LogP contribution in [0.25, 0.3) is 0 Å². The van der Waals surface area contributed by atoms with E-state index in [1.54, 1.807) is 26.3 Å². The first kappa shape index (κ1) is 16.7. The number of methoxy groups -OCH3 is 1. The number of guanidine groups is 1. The summed E-state index contributed by atoms with van der Waals surface area (Å²) >= 11 is 0. The number of nitrogens with one attached hydrogen (secondary N) is 1. The van der Waals surface area contributed by atoms with Gasteiger partial charge in [-0.25, -0.2) is 0 Å². The highest BCUT2D eigenvalue weighted by Crippen LogP contribution is 2.22. The predicted octanol–water partition coefficient (Wildman–Crippen LogP) is 1.95. The molecule has 0 aliphatic carbocycles. The van der Waals surface area contributed by atoms with E-state index in [9.17, 15) is 5.11 Å². The second kappa shape index (κ2) is 7.58. The molecule has 0 bridgehead atoms. The van der Waals surface area contributed by atoms with Gasteiger partial charge in [-0.05, 0) is 30.3 Å². The Balaban J connectivity index is 2.01. The Morgan fingerprint density at radius 1 is 1.39 bits per heavy atom. The van der Waals surface area contributed by atoms with Gasteiger partial charge in [-0.1, -0.05) is 0 Å². The molecule has 2 rings (SSSR count). The van der Waals surface area contributed by atoms with Crippen molar-refractivity contribution < 1.29 is 9.84 Å². The fraction of sp³-hybridized carbons (Fsp3) is 0.353. The first-order chi connectivity index (χ1) is 11.0. The molecule has 0 aliphatic heterocycles. The Kier molecular flexibility index (Phi) is 5.51. The molecular formula is C17H24N4O2. The molecule has 1 aromatic heterocycles. The molecule has 124 valence electrons. The zero-order chi connectivity index (χ0) is 16.8. The summed E-state index contributed by atoms with van der Waals surface area (Å²) in [5.41, 5.74) is 1.96. The number of benzene rings is 1. The summed E-state index contributed by atoms with van der Waals surface area (Å²) in [7, 11) is 7.35. The molecular weight excluding hydrogens is 292 g/mol. The maximum absolute atomic E-state index is 9.95. The quantitative estimate of drug-likeness (QED) is 0.654. The molecule has 1 heterocycles. The van der Waals surface area contributed by atoms with Crippen molar-refractivity contribution in [2.45, 2.75) is 13.1 Å². The third-order valence-corrected chi connectivity index (χ3v) is 3.75. The topological polar surface area (TPSA) is 62.0 Å². The fourth-order valence-electron chi connectivity index (χ4n) is 2.37. The Labute approximate surface area is 137 Å². The van der Waals surface area contributed by atoms with Crippen LogP contribution in [0, 0.1) is 0 Å². The number of nitrogens with zero attached hydrogens (tertiary/aromatic N) is 3. The molecule has 0 aliphatic rings. The number of phenols is 1. The summed E-state index contributed by atoms with van der Waals surface area (Å²) in [6, 6.07) is 9.28. The molecule has 0 unspecified atom stereocenters. The highest BCUT2D eigenvalue weighted by atomic mass is 16.5. The van der Waals surface area contributed by atoms with Crippen LogP contribution in [0.15, 0.2) is 41.5 Å². The van der Waals surface area contributed by atoms with E-state index in [0.717, 1.165) is 18.1 Å². The Hall–Kier alpha value is -2.63. The van der Waals surface area contributed by atoms with E-state index in [4.69, 9.17) is 4.74 Å². The third-order valence-electron chi connectivity index (χ3n) is 3.75. The van der Waals surface area contributed by atoms with Crippen LogP contribution in [-0.4, -0.2) is 41.7 Å². The average Bonchev–Trinajstić information content (AvgIpc) is 2.94. The van der Waals surface area contributed by atoms with E-state index in [1.165, 1.54) is 5.69 Å². The molecule has 6 nitrogen and oxygen atoms in total. The van der Waals surface area contributed by atoms with Crippen LogP contribution >= 0.6 is 0 Å². The molecule has 0 saturated carbocycles. The van der Waals surface area contributed by atoms with Crippen LogP contribution in [0.3, 0.4) is 0 Å². The van der Waals surface area contributed by atoms with Crippen molar-refractivity contribution in [2.75, 3.05) is 21.2 Å². The summed E-state index contributed by atoms with van der Waals surface area (Å²) in [6.45, 7) is 1.21. The number of aromatic nitrogens is 1. The van der Waals surface area contributed by atoms with Gasteiger partial charge in [-0.3, -0.25) is 4.99 Å². The molecule has 0 saturated heterocycles. The number of phenolic OH excluding ortho intramolecular Hbond substituents is 1. The van der Waals surface area contributed by atoms with E-state index in [0.29, 0.717) is 12.3 Å². The van der Waals surface area contributed by atoms with E-state index in [1.807, 2.05) is 37.3 Å². The predicted molar refractivity (Wildman–Crippen MR) is 91.7 cm³/mol. The van der Waals surface area contributed by atoms with Gasteiger partial charge in [0.2, 0.25) is 0 Å². The highest BCUT2D eigenvalue weighted by molar-refractivity contribution is 5.79. The summed E-state index contributed by atoms with van der Waals surface area (Å²) in [6.07, 6.45) is 2.02. The fourth-order valence-corrected chi connectivity index (χ4v) is 2.37. The lowest BCUT2D eigenvalue weighted by Crippen LogP contribution is -2.38. The van der Waals surface area contributed by atoms with Gasteiger partial charge in [-0.15, -0.1) is 0 Å². The van der Waals surface area contributed by atoms with Gasteiger partial charge in [0.05, 0.1) is 13.7 Å². The van der Waals surface area contributed by atoms with Crippen LogP contribution in [0.2, 0.25) is 0 Å². The number of ether oxygens (including phenoxy) is 1. The average molecular weight is 316 g/mol. The van der Waals surface area contributed by atoms with Crippen molar-refractivity contribution in [1.82, 2.24) is 14.8 Å². The molecule has 23 heavy (non-hydrogen) atoms. The van der Waals surface area contributed by atoms with Crippen molar-refractivity contribution in [1.29, 1.82) is 0 Å². The number of aliphatic imine (C=N–C) groups is 1. The number of hydrogen-bond donors (Lipinski definition) is 2. The van der Waals surface area contributed by atoms with Crippen molar-refractivity contribution in [2.24, 2.45) is 12.0 Å². The number of hydrogen-bond acceptors (Lipinski definition) is 3. The Morgan fingerprint density at radius 2 is 2.17 bits per heavy atom. The maximum atomic E-state index is 9.95. The van der Waals surface area contributed by atoms with Crippen LogP contribution in [0.1, 0.15) is 11.3 Å². The van der Waals surface area contributed by atoms with Gasteiger partial charge in [0.15, 0.2) is 5.96 Å². The summed E-state index contributed by atoms with van der Waals surface area (Å²) in [4.78, 5) is 6.33. The SMILES string of the molecule is CN=C(NCc1cc(OC)ccc1O)N(C)Cc1cccn1C. The van der Waals surface area contributed by atoms with Gasteiger partial charge >= 0.3 is 0 Å². The minimum absolute atomic E-state index is 0.235. The maximum Gasteiger partial charge on any atom is 0.194 e. The van der Waals surface area contributed by atoms with Crippen molar-refractivity contribution >= 4 is 5.96 Å². The molecule has 2 N–H and O–H groups in total. The van der Waals surface area contributed by atoms with Crippen molar-refractivity contribution in [3.05, 3.63) is 47.8 Å². The second-order valence-corrected chi connectivity index (χ2v) is 5.36. The number of aryl methyl sites for hydroxylation is 1. The van der Waals surface area contributed by atoms with E-state index >= 15 is 0 Å². The van der Waals surface area contributed by atoms with Gasteiger partial charge in [0.1, 0.15) is 11.5 Å². The van der Waals surface area contributed by atoms with Crippen LogP contribution in [-0.2, 0) is 20.1 Å². The lowest BCUT2D eigenvalue weighted by atomic mass is 10.2. The van der Waals surface area contributed by atoms with Crippen LogP contribution < -0.4 is 10.1 Å². The molecule has 0 fully saturated rings. The molecule has 2 aromatic rings. The third kappa shape index (κ3) is 4.18. The van der Waals surface area contributed by atoms with Gasteiger partial charge < -0.3 is 24.6 Å². The minimum atomic E-state index is 0.235. The molecule has 0 atom stereocenters. The van der Waals surface area contributed by atoms with Gasteiger partial charge in [0, 0.05) is 45.1 Å². The zero-order valence-corrected chi connectivity index (χ0v) is 14.1. The first-order valence-electron chi connectivity index (χ1n) is 7.43. The lowest BCUT2D eigenvalue weighted by molar-refractivity contribution is 0.410. The van der Waals surface area contributed by atoms with Crippen molar-refractivity contribution in [3.8, 4) is 11.5 Å². The molecule has 0 spiro atoms. The zero-order valence-electron chi connectivity index (χ0n) is 14.1. The molecule has 0 amide bonds. The van der Waals surface area contributed by atoms with Gasteiger partial charge in [0.25, 0.3) is 0 Å². The normalized spacial score (nSPS) is 11.4. The van der Waals surface area contributed by atoms with Gasteiger partial charge in [-0.2, -0.15) is 0 Å². The number of aromatic hydroxyl groups is 1. The monoisotopic (exact) mass is 316 g/mol. The molecule has 0 radical (unpaired) electrons. The summed E-state index contributed by atoms with van der Waals surface area (Å²) < 4.78 is 7.27. The van der Waals surface area contributed by atoms with Crippen molar-refractivity contribution in [3.63, 3.8) is 0 Å². The smallest absolute Gasteiger partial charge is 0.194 e. The summed E-state index contributed by atoms with van der Waals surface area (Å²) in [5, 5.41) is 13.2. The first-order valence-corrected chi connectivity index (χ1v) is 7.43. The number of rotatable bonds is 5. The standard InChI is InChI=1S/C17H24N4O2/c1-18-17(21(3)12-14-6-5-9-20(14)2)19-11-13-10-15(23-4)7-8-16(13)22/h5-10,22H,11-12H2,1-4H3,(H,18,19). The lowest BCUT2D eigenvalue weighted by Gasteiger charge is -2.22. The van der Waals surface area contributed by atoms with E-state index in [-0.39, 0.29) is 5.75 Å². The molecule has 1 aromatic carbocycles. The van der Waals surface area contributed by atoms with Crippen LogP contribution in [0.5, 0.6) is 11.5 Å².